The molecule has 0 bridgehead atoms. The Balaban J connectivity index is 1.70. The fourth-order valence-corrected chi connectivity index (χ4v) is 4.87. The van der Waals surface area contributed by atoms with Gasteiger partial charge in [-0.05, 0) is 75.4 Å². The number of carbonyl (C=O) groups excluding carboxylic acids is 1. The smallest absolute Gasteiger partial charge is 0.255 e. The molecule has 1 fully saturated rings. The molecule has 2 aromatic rings. The first-order chi connectivity index (χ1) is 13.3. The van der Waals surface area contributed by atoms with Crippen LogP contribution in [0.15, 0.2) is 53.4 Å². The number of hydrogen-bond donors (Lipinski definition) is 1. The van der Waals surface area contributed by atoms with Crippen molar-refractivity contribution in [2.45, 2.75) is 23.8 Å². The molecule has 0 unspecified atom stereocenters. The Morgan fingerprint density at radius 1 is 1.14 bits per heavy atom. The zero-order valence-electron chi connectivity index (χ0n) is 15.9. The van der Waals surface area contributed by atoms with Gasteiger partial charge >= 0.3 is 0 Å². The SMILES string of the molecule is CN1CCC(N(C)S(=O)(=O)c2ccc(NC(=O)c3cccc(Cl)c3)cc2)CC1. The fraction of sp³-hybridized carbons (Fsp3) is 0.350. The summed E-state index contributed by atoms with van der Waals surface area (Å²) in [5, 5.41) is 3.23. The van der Waals surface area contributed by atoms with E-state index in [0.29, 0.717) is 16.3 Å². The summed E-state index contributed by atoms with van der Waals surface area (Å²) in [6.07, 6.45) is 1.64. The van der Waals surface area contributed by atoms with Crippen LogP contribution in [0.1, 0.15) is 23.2 Å². The zero-order valence-corrected chi connectivity index (χ0v) is 17.5. The molecule has 150 valence electrons. The predicted octanol–water partition coefficient (Wildman–Crippen LogP) is 3.31. The Labute approximate surface area is 171 Å². The van der Waals surface area contributed by atoms with Crippen molar-refractivity contribution in [2.24, 2.45) is 0 Å². The number of rotatable bonds is 5. The summed E-state index contributed by atoms with van der Waals surface area (Å²) >= 11 is 5.91. The first kappa shape index (κ1) is 20.8. The van der Waals surface area contributed by atoms with Crippen molar-refractivity contribution in [2.75, 3.05) is 32.5 Å². The van der Waals surface area contributed by atoms with Crippen LogP contribution in [-0.2, 0) is 10.0 Å². The van der Waals surface area contributed by atoms with Crippen molar-refractivity contribution < 1.29 is 13.2 Å². The third kappa shape index (κ3) is 4.72. The lowest BCUT2D eigenvalue weighted by atomic mass is 10.1. The number of benzene rings is 2. The van der Waals surface area contributed by atoms with Gasteiger partial charge in [-0.3, -0.25) is 4.79 Å². The molecule has 1 aliphatic rings. The number of sulfonamides is 1. The van der Waals surface area contributed by atoms with Crippen LogP contribution in [0.2, 0.25) is 5.02 Å². The van der Waals surface area contributed by atoms with Crippen molar-refractivity contribution in [3.05, 3.63) is 59.1 Å². The van der Waals surface area contributed by atoms with Crippen molar-refractivity contribution in [1.29, 1.82) is 0 Å². The molecule has 6 nitrogen and oxygen atoms in total. The van der Waals surface area contributed by atoms with Gasteiger partial charge < -0.3 is 10.2 Å². The van der Waals surface area contributed by atoms with Crippen LogP contribution in [0, 0.1) is 0 Å². The van der Waals surface area contributed by atoms with Crippen LogP contribution in [0.4, 0.5) is 5.69 Å². The second-order valence-electron chi connectivity index (χ2n) is 7.04. The van der Waals surface area contributed by atoms with Crippen LogP contribution < -0.4 is 5.32 Å². The van der Waals surface area contributed by atoms with E-state index in [9.17, 15) is 13.2 Å². The minimum absolute atomic E-state index is 0.00316. The summed E-state index contributed by atoms with van der Waals surface area (Å²) in [5.74, 6) is -0.304. The lowest BCUT2D eigenvalue weighted by Gasteiger charge is -2.34. The first-order valence-corrected chi connectivity index (χ1v) is 10.9. The summed E-state index contributed by atoms with van der Waals surface area (Å²) in [6.45, 7) is 1.78. The van der Waals surface area contributed by atoms with E-state index in [1.807, 2.05) is 7.05 Å². The maximum Gasteiger partial charge on any atom is 0.255 e. The maximum atomic E-state index is 12.9. The van der Waals surface area contributed by atoms with E-state index in [4.69, 9.17) is 11.6 Å². The normalized spacial score (nSPS) is 16.3. The quantitative estimate of drug-likeness (QED) is 0.804. The van der Waals surface area contributed by atoms with Crippen LogP contribution in [0.3, 0.4) is 0 Å². The summed E-state index contributed by atoms with van der Waals surface area (Å²) in [4.78, 5) is 14.7. The number of piperidine rings is 1. The van der Waals surface area contributed by atoms with Gasteiger partial charge in [0.25, 0.3) is 5.91 Å². The Bertz CT molecular complexity index is 939. The van der Waals surface area contributed by atoms with Crippen molar-refractivity contribution in [3.8, 4) is 0 Å². The summed E-state index contributed by atoms with van der Waals surface area (Å²) in [7, 11) is 0.107. The molecule has 0 radical (unpaired) electrons. The molecular formula is C20H24ClN3O3S. The van der Waals surface area contributed by atoms with Gasteiger partial charge in [-0.25, -0.2) is 8.42 Å². The van der Waals surface area contributed by atoms with Gasteiger partial charge in [0.15, 0.2) is 0 Å². The molecule has 0 atom stereocenters. The first-order valence-electron chi connectivity index (χ1n) is 9.11. The van der Waals surface area contributed by atoms with Gasteiger partial charge in [0.05, 0.1) is 4.90 Å². The predicted molar refractivity (Wildman–Crippen MR) is 111 cm³/mol. The topological polar surface area (TPSA) is 69.7 Å². The van der Waals surface area contributed by atoms with Crippen LogP contribution in [0.5, 0.6) is 0 Å². The number of likely N-dealkylation sites (tertiary alicyclic amines) is 1. The van der Waals surface area contributed by atoms with Gasteiger partial charge in [0, 0.05) is 29.4 Å². The number of amides is 1. The maximum absolute atomic E-state index is 12.9. The summed E-state index contributed by atoms with van der Waals surface area (Å²) in [5.41, 5.74) is 0.956. The number of hydrogen-bond acceptors (Lipinski definition) is 4. The number of nitrogens with zero attached hydrogens (tertiary/aromatic N) is 2. The molecule has 2 aromatic carbocycles. The minimum Gasteiger partial charge on any atom is -0.322 e. The summed E-state index contributed by atoms with van der Waals surface area (Å²) in [6, 6.07) is 12.9. The molecule has 1 N–H and O–H groups in total. The molecule has 1 amide bonds. The standard InChI is InChI=1S/C20H24ClN3O3S/c1-23-12-10-18(11-13-23)24(2)28(26,27)19-8-6-17(7-9-19)22-20(25)15-4-3-5-16(21)14-15/h3-9,14,18H,10-13H2,1-2H3,(H,22,25). The zero-order chi connectivity index (χ0) is 20.3. The minimum atomic E-state index is -3.57. The lowest BCUT2D eigenvalue weighted by molar-refractivity contribution is 0.102. The number of carbonyl (C=O) groups is 1. The highest BCUT2D eigenvalue weighted by molar-refractivity contribution is 7.89. The largest absolute Gasteiger partial charge is 0.322 e. The van der Waals surface area contributed by atoms with E-state index in [0.717, 1.165) is 25.9 Å². The van der Waals surface area contributed by atoms with Crippen LogP contribution in [-0.4, -0.2) is 56.8 Å². The Hall–Kier alpha value is -1.93. The lowest BCUT2D eigenvalue weighted by Crippen LogP contribution is -2.44. The monoisotopic (exact) mass is 421 g/mol. The van der Waals surface area contributed by atoms with E-state index < -0.39 is 10.0 Å². The third-order valence-electron chi connectivity index (χ3n) is 5.08. The highest BCUT2D eigenvalue weighted by Crippen LogP contribution is 2.23. The third-order valence-corrected chi connectivity index (χ3v) is 7.24. The Morgan fingerprint density at radius 3 is 2.39 bits per heavy atom. The summed E-state index contributed by atoms with van der Waals surface area (Å²) < 4.78 is 27.3. The van der Waals surface area contributed by atoms with Crippen molar-refractivity contribution in [3.63, 3.8) is 0 Å². The second-order valence-corrected chi connectivity index (χ2v) is 9.48. The van der Waals surface area contributed by atoms with E-state index >= 15 is 0 Å². The molecule has 0 spiro atoms. The van der Waals surface area contributed by atoms with Gasteiger partial charge in [-0.15, -0.1) is 0 Å². The van der Waals surface area contributed by atoms with E-state index in [1.165, 1.54) is 16.4 Å². The number of nitrogens with one attached hydrogen (secondary N) is 1. The Kier molecular flexibility index (Phi) is 6.40. The highest BCUT2D eigenvalue weighted by Gasteiger charge is 2.30. The highest BCUT2D eigenvalue weighted by atomic mass is 35.5. The van der Waals surface area contributed by atoms with E-state index in [1.54, 1.807) is 43.4 Å². The van der Waals surface area contributed by atoms with Gasteiger partial charge in [-0.2, -0.15) is 4.31 Å². The van der Waals surface area contributed by atoms with Crippen LogP contribution in [0.25, 0.3) is 0 Å². The molecule has 0 aromatic heterocycles. The van der Waals surface area contributed by atoms with Crippen molar-refractivity contribution in [1.82, 2.24) is 9.21 Å². The van der Waals surface area contributed by atoms with Gasteiger partial charge in [-0.1, -0.05) is 17.7 Å². The molecule has 1 aliphatic heterocycles. The molecule has 0 aliphatic carbocycles. The molecule has 0 saturated carbocycles. The number of anilines is 1. The Morgan fingerprint density at radius 2 is 1.79 bits per heavy atom. The molecule has 3 rings (SSSR count). The van der Waals surface area contributed by atoms with Gasteiger partial charge in [0.1, 0.15) is 0 Å². The molecule has 28 heavy (non-hydrogen) atoms. The average Bonchev–Trinajstić information content (AvgIpc) is 2.68. The number of halogens is 1. The molecular weight excluding hydrogens is 398 g/mol. The molecule has 1 saturated heterocycles. The average molecular weight is 422 g/mol. The van der Waals surface area contributed by atoms with E-state index in [-0.39, 0.29) is 16.8 Å². The molecule has 8 heteroatoms. The van der Waals surface area contributed by atoms with Crippen LogP contribution >= 0.6 is 11.6 Å². The fourth-order valence-electron chi connectivity index (χ4n) is 3.26. The molecule has 1 heterocycles. The van der Waals surface area contributed by atoms with E-state index in [2.05, 4.69) is 10.2 Å². The van der Waals surface area contributed by atoms with Gasteiger partial charge in [0.2, 0.25) is 10.0 Å². The second kappa shape index (κ2) is 8.61. The van der Waals surface area contributed by atoms with Crippen molar-refractivity contribution >= 4 is 33.2 Å².